The molecule has 0 saturated carbocycles. The Morgan fingerprint density at radius 1 is 0.929 bits per heavy atom. The Labute approximate surface area is 330 Å². The van der Waals surface area contributed by atoms with E-state index >= 15 is 0 Å². The van der Waals surface area contributed by atoms with E-state index in [1.54, 1.807) is 42.5 Å². The van der Waals surface area contributed by atoms with Crippen LogP contribution in [0.15, 0.2) is 85.2 Å². The number of piperidine rings is 3. The highest BCUT2D eigenvalue weighted by Gasteiger charge is 2.39. The highest BCUT2D eigenvalue weighted by Crippen LogP contribution is 2.36. The number of rotatable bonds is 12. The van der Waals surface area contributed by atoms with Gasteiger partial charge in [0.2, 0.25) is 0 Å². The molecule has 2 bridgehead atoms. The monoisotopic (exact) mass is 819 g/mol. The minimum absolute atomic E-state index is 0.0832. The number of halogens is 5. The van der Waals surface area contributed by atoms with Gasteiger partial charge in [0.25, 0.3) is 0 Å². The smallest absolute Gasteiger partial charge is 0.490 e. The van der Waals surface area contributed by atoms with Crippen LogP contribution in [-0.2, 0) is 25.5 Å². The van der Waals surface area contributed by atoms with Crippen LogP contribution >= 0.6 is 23.2 Å². The fourth-order valence-electron chi connectivity index (χ4n) is 6.44. The van der Waals surface area contributed by atoms with Crippen molar-refractivity contribution in [3.63, 3.8) is 0 Å². The Kier molecular flexibility index (Phi) is 13.9. The molecule has 12 nitrogen and oxygen atoms in total. The Bertz CT molecular complexity index is 1970. The number of aliphatic carboxylic acids is 1. The van der Waals surface area contributed by atoms with Crippen LogP contribution in [0.5, 0.6) is 11.5 Å². The van der Waals surface area contributed by atoms with Gasteiger partial charge in [-0.05, 0) is 79.4 Å². The van der Waals surface area contributed by atoms with E-state index in [1.165, 1.54) is 26.6 Å². The van der Waals surface area contributed by atoms with E-state index in [4.69, 9.17) is 52.1 Å². The molecule has 7 rings (SSSR count). The zero-order valence-electron chi connectivity index (χ0n) is 30.1. The third kappa shape index (κ3) is 10.7. The van der Waals surface area contributed by atoms with E-state index in [2.05, 4.69) is 10.2 Å². The van der Waals surface area contributed by atoms with Gasteiger partial charge in [-0.25, -0.2) is 14.4 Å². The maximum absolute atomic E-state index is 13.6. The van der Waals surface area contributed by atoms with Crippen LogP contribution in [0.25, 0.3) is 0 Å². The number of nitrogens with zero attached hydrogens (tertiary/aromatic N) is 2. The first-order chi connectivity index (χ1) is 26.7. The van der Waals surface area contributed by atoms with Gasteiger partial charge in [0.15, 0.2) is 29.9 Å². The molecule has 3 atom stereocenters. The van der Waals surface area contributed by atoms with Crippen molar-refractivity contribution in [1.29, 1.82) is 0 Å². The predicted molar refractivity (Wildman–Crippen MR) is 199 cm³/mol. The molecular formula is C39H38Cl2F3N3O9. The standard InChI is InChI=1S/C37H37Cl2N3O7.C2HF3O2/c1-46-31-13-10-26(18-33(31)47-2)32(19-28-29(38)20-42(45)21-30(28)39)48-36(43)25-8-11-27(12-9-25)40-35(24-6-4-3-5-7-24)37(44)49-34-22-41-16-14-23(34)15-17-41;3-2(4,5)1(6)7/h3-13,18,20-21,23,32,34-35,40H,14-17,19,22H2,1-2H3;(H,6,7)/t32-,34-,35?;/m0./s1. The molecule has 0 aliphatic carbocycles. The van der Waals surface area contributed by atoms with Crippen molar-refractivity contribution in [2.75, 3.05) is 39.2 Å². The molecule has 0 amide bonds. The molecule has 2 N–H and O–H groups in total. The van der Waals surface area contributed by atoms with Crippen molar-refractivity contribution in [1.82, 2.24) is 4.90 Å². The molecule has 3 aromatic carbocycles. The number of fused-ring (bicyclic) bond motifs is 3. The van der Waals surface area contributed by atoms with Crippen LogP contribution in [-0.4, -0.2) is 74.0 Å². The number of pyridine rings is 1. The van der Waals surface area contributed by atoms with E-state index < -0.39 is 30.3 Å². The molecule has 1 aromatic heterocycles. The van der Waals surface area contributed by atoms with E-state index in [1.807, 2.05) is 30.3 Å². The van der Waals surface area contributed by atoms with E-state index in [-0.39, 0.29) is 34.1 Å². The first-order valence-electron chi connectivity index (χ1n) is 17.3. The average molecular weight is 821 g/mol. The zero-order valence-corrected chi connectivity index (χ0v) is 31.6. The van der Waals surface area contributed by atoms with Gasteiger partial charge in [-0.2, -0.15) is 17.9 Å². The number of anilines is 1. The lowest BCUT2D eigenvalue weighted by atomic mass is 9.86. The van der Waals surface area contributed by atoms with Crippen LogP contribution in [0.3, 0.4) is 0 Å². The maximum atomic E-state index is 13.6. The SMILES string of the molecule is COc1ccc([C@H](Cc2c(Cl)c[n+]([O-])cc2Cl)OC(=O)c2ccc(NC(C(=O)O[C@H]3CN4CCC3CC4)c3ccccc3)cc2)cc1OC.O=C(O)C(F)(F)F. The quantitative estimate of drug-likeness (QED) is 0.0848. The Hall–Kier alpha value is -5.25. The van der Waals surface area contributed by atoms with Gasteiger partial charge in [0.1, 0.15) is 22.3 Å². The third-order valence-electron chi connectivity index (χ3n) is 9.38. The van der Waals surface area contributed by atoms with Crippen LogP contribution in [0.2, 0.25) is 10.0 Å². The number of carboxylic acid groups (broad SMARTS) is 1. The Morgan fingerprint density at radius 2 is 1.54 bits per heavy atom. The van der Waals surface area contributed by atoms with Gasteiger partial charge in [-0.1, -0.05) is 59.6 Å². The third-order valence-corrected chi connectivity index (χ3v) is 10.0. The summed E-state index contributed by atoms with van der Waals surface area (Å²) in [7, 11) is 3.04. The van der Waals surface area contributed by atoms with Gasteiger partial charge in [0.05, 0.1) is 19.8 Å². The van der Waals surface area contributed by atoms with Gasteiger partial charge in [-0.3, -0.25) is 4.90 Å². The fraction of sp³-hybridized carbons (Fsp3) is 0.333. The van der Waals surface area contributed by atoms with Gasteiger partial charge < -0.3 is 34.6 Å². The summed E-state index contributed by atoms with van der Waals surface area (Å²) in [6, 6.07) is 20.6. The van der Waals surface area contributed by atoms with Crippen LogP contribution in [0.4, 0.5) is 18.9 Å². The minimum atomic E-state index is -5.08. The lowest BCUT2D eigenvalue weighted by molar-refractivity contribution is -0.605. The summed E-state index contributed by atoms with van der Waals surface area (Å²) in [6.07, 6.45) is -1.52. The fourth-order valence-corrected chi connectivity index (χ4v) is 7.04. The van der Waals surface area contributed by atoms with Crippen molar-refractivity contribution in [2.24, 2.45) is 5.92 Å². The number of methoxy groups -OCH3 is 2. The van der Waals surface area contributed by atoms with Crippen LogP contribution in [0, 0.1) is 11.1 Å². The first-order valence-corrected chi connectivity index (χ1v) is 18.1. The number of carbonyl (C=O) groups is 3. The van der Waals surface area contributed by atoms with Crippen molar-refractivity contribution < 1.29 is 56.3 Å². The van der Waals surface area contributed by atoms with Crippen molar-refractivity contribution in [2.45, 2.75) is 43.7 Å². The first kappa shape index (κ1) is 41.9. The van der Waals surface area contributed by atoms with Gasteiger partial charge in [0, 0.05) is 24.2 Å². The molecule has 0 radical (unpaired) electrons. The normalized spacial score (nSPS) is 18.4. The molecule has 0 spiro atoms. The van der Waals surface area contributed by atoms with Crippen LogP contribution in [0.1, 0.15) is 52.0 Å². The summed E-state index contributed by atoms with van der Waals surface area (Å²) in [5.41, 5.74) is 2.73. The highest BCUT2D eigenvalue weighted by atomic mass is 35.5. The molecule has 298 valence electrons. The Morgan fingerprint density at radius 3 is 2.07 bits per heavy atom. The van der Waals surface area contributed by atoms with Crippen LogP contribution < -0.4 is 19.5 Å². The molecular weight excluding hydrogens is 782 g/mol. The lowest BCUT2D eigenvalue weighted by Crippen LogP contribution is -2.52. The molecule has 4 aromatic rings. The summed E-state index contributed by atoms with van der Waals surface area (Å²) in [5, 5.41) is 22.6. The summed E-state index contributed by atoms with van der Waals surface area (Å²) in [4.78, 5) is 38.4. The molecule has 56 heavy (non-hydrogen) atoms. The molecule has 3 aliphatic rings. The van der Waals surface area contributed by atoms with E-state index in [0.29, 0.717) is 39.0 Å². The number of hydrogen-bond acceptors (Lipinski definition) is 10. The number of carboxylic acids is 1. The second-order valence-corrected chi connectivity index (χ2v) is 13.8. The topological polar surface area (TPSA) is 151 Å². The molecule has 3 saturated heterocycles. The number of esters is 2. The number of nitrogens with one attached hydrogen (secondary N) is 1. The summed E-state index contributed by atoms with van der Waals surface area (Å²) in [5.74, 6) is -2.37. The van der Waals surface area contributed by atoms with E-state index in [0.717, 1.165) is 38.0 Å². The second kappa shape index (κ2) is 18.6. The van der Waals surface area contributed by atoms with Gasteiger partial charge in [-0.15, -0.1) is 0 Å². The molecule has 1 unspecified atom stereocenters. The summed E-state index contributed by atoms with van der Waals surface area (Å²) < 4.78 is 55.2. The van der Waals surface area contributed by atoms with Crippen molar-refractivity contribution >= 4 is 46.8 Å². The van der Waals surface area contributed by atoms with Crippen molar-refractivity contribution in [3.8, 4) is 11.5 Å². The zero-order chi connectivity index (χ0) is 40.6. The number of alkyl halides is 3. The maximum Gasteiger partial charge on any atom is 0.490 e. The number of ether oxygens (including phenoxy) is 4. The number of benzene rings is 3. The highest BCUT2D eigenvalue weighted by molar-refractivity contribution is 6.35. The summed E-state index contributed by atoms with van der Waals surface area (Å²) >= 11 is 12.8. The molecule has 17 heteroatoms. The second-order valence-electron chi connectivity index (χ2n) is 13.0. The number of carbonyl (C=O) groups excluding carboxylic acids is 2. The predicted octanol–water partition coefficient (Wildman–Crippen LogP) is 7.21. The van der Waals surface area contributed by atoms with Crippen molar-refractivity contribution in [3.05, 3.63) is 123 Å². The lowest BCUT2D eigenvalue weighted by Gasteiger charge is -2.44. The molecule has 4 heterocycles. The number of aromatic nitrogens is 1. The van der Waals surface area contributed by atoms with Gasteiger partial charge >= 0.3 is 24.1 Å². The largest absolute Gasteiger partial charge is 0.619 e. The van der Waals surface area contributed by atoms with E-state index in [9.17, 15) is 28.0 Å². The number of hydrogen-bond donors (Lipinski definition) is 2. The average Bonchev–Trinajstić information content (AvgIpc) is 3.18. The Balaban J connectivity index is 0.000000784. The molecule has 3 aliphatic heterocycles. The summed E-state index contributed by atoms with van der Waals surface area (Å²) in [6.45, 7) is 2.87. The molecule has 3 fully saturated rings. The minimum Gasteiger partial charge on any atom is -0.619 e.